The molecule has 6 rings (SSSR count). The van der Waals surface area contributed by atoms with Crippen molar-refractivity contribution in [1.82, 2.24) is 29.5 Å². The Kier molecular flexibility index (Phi) is 3.99. The first-order valence-electron chi connectivity index (χ1n) is 10.6. The van der Waals surface area contributed by atoms with Gasteiger partial charge in [0.25, 0.3) is 0 Å². The summed E-state index contributed by atoms with van der Waals surface area (Å²) >= 11 is 0. The van der Waals surface area contributed by atoms with E-state index in [1.807, 2.05) is 43.2 Å². The van der Waals surface area contributed by atoms with Gasteiger partial charge in [0, 0.05) is 47.7 Å². The van der Waals surface area contributed by atoms with Gasteiger partial charge in [0.15, 0.2) is 0 Å². The molecule has 4 aromatic heterocycles. The van der Waals surface area contributed by atoms with E-state index in [4.69, 9.17) is 15.1 Å². The van der Waals surface area contributed by atoms with Crippen LogP contribution in [0.5, 0.6) is 0 Å². The van der Waals surface area contributed by atoms with E-state index in [2.05, 4.69) is 46.2 Å². The molecule has 0 N–H and O–H groups in total. The van der Waals surface area contributed by atoms with Crippen LogP contribution < -0.4 is 0 Å². The molecule has 0 fully saturated rings. The van der Waals surface area contributed by atoms with Gasteiger partial charge in [-0.25, -0.2) is 4.98 Å². The van der Waals surface area contributed by atoms with Gasteiger partial charge >= 0.3 is 0 Å². The van der Waals surface area contributed by atoms with Gasteiger partial charge in [-0.3, -0.25) is 14.3 Å². The van der Waals surface area contributed by atoms with Gasteiger partial charge < -0.3 is 0 Å². The number of hydrogen-bond acceptors (Lipinski definition) is 4. The maximum Gasteiger partial charge on any atom is 0.119 e. The van der Waals surface area contributed by atoms with E-state index in [0.717, 1.165) is 64.2 Å². The summed E-state index contributed by atoms with van der Waals surface area (Å²) < 4.78 is 3.97. The van der Waals surface area contributed by atoms with E-state index >= 15 is 0 Å². The Balaban J connectivity index is 1.67. The van der Waals surface area contributed by atoms with Crippen LogP contribution in [-0.2, 0) is 20.0 Å². The lowest BCUT2D eigenvalue weighted by Gasteiger charge is -2.11. The summed E-state index contributed by atoms with van der Waals surface area (Å²) in [6.45, 7) is 2.97. The molecule has 0 bridgehead atoms. The molecule has 6 nitrogen and oxygen atoms in total. The number of nitrogens with zero attached hydrogens (tertiary/aromatic N) is 6. The van der Waals surface area contributed by atoms with Crippen LogP contribution in [0.2, 0.25) is 0 Å². The molecular formula is C25H22N6. The van der Waals surface area contributed by atoms with Gasteiger partial charge in [-0.05, 0) is 49.6 Å². The van der Waals surface area contributed by atoms with Crippen LogP contribution in [0, 0.1) is 6.92 Å². The molecule has 1 aromatic carbocycles. The quantitative estimate of drug-likeness (QED) is 0.431. The van der Waals surface area contributed by atoms with Crippen molar-refractivity contribution >= 4 is 10.9 Å². The van der Waals surface area contributed by atoms with E-state index in [9.17, 15) is 0 Å². The summed E-state index contributed by atoms with van der Waals surface area (Å²) in [7, 11) is 1.93. The van der Waals surface area contributed by atoms with Crippen LogP contribution in [0.1, 0.15) is 17.8 Å². The second-order valence-electron chi connectivity index (χ2n) is 8.14. The fraction of sp³-hybridized carbons (Fsp3) is 0.200. The molecule has 152 valence electrons. The molecule has 0 unspecified atom stereocenters. The predicted octanol–water partition coefficient (Wildman–Crippen LogP) is 4.82. The second kappa shape index (κ2) is 6.87. The average Bonchev–Trinajstić information content (AvgIpc) is 3.49. The monoisotopic (exact) mass is 406 g/mol. The van der Waals surface area contributed by atoms with Crippen molar-refractivity contribution in [2.75, 3.05) is 0 Å². The average molecular weight is 406 g/mol. The zero-order valence-electron chi connectivity index (χ0n) is 17.6. The fourth-order valence-corrected chi connectivity index (χ4v) is 4.55. The largest absolute Gasteiger partial charge is 0.275 e. The number of rotatable bonds is 3. The summed E-state index contributed by atoms with van der Waals surface area (Å²) in [5, 5.41) is 10.5. The minimum absolute atomic E-state index is 0.917. The number of aryl methyl sites for hydroxylation is 3. The van der Waals surface area contributed by atoms with Gasteiger partial charge in [0.1, 0.15) is 5.69 Å². The molecule has 0 amide bonds. The van der Waals surface area contributed by atoms with Crippen molar-refractivity contribution < 1.29 is 0 Å². The summed E-state index contributed by atoms with van der Waals surface area (Å²) in [6.07, 6.45) is 6.01. The highest BCUT2D eigenvalue weighted by atomic mass is 15.3. The first-order chi connectivity index (χ1) is 15.2. The van der Waals surface area contributed by atoms with Crippen molar-refractivity contribution in [3.05, 3.63) is 72.3 Å². The smallest absolute Gasteiger partial charge is 0.119 e. The summed E-state index contributed by atoms with van der Waals surface area (Å²) in [6, 6.07) is 16.7. The Labute approximate surface area is 180 Å². The number of fused-ring (bicyclic) bond motifs is 2. The molecular weight excluding hydrogens is 384 g/mol. The summed E-state index contributed by atoms with van der Waals surface area (Å²) in [5.74, 6) is 0. The molecule has 1 aliphatic rings. The van der Waals surface area contributed by atoms with Crippen LogP contribution in [0.15, 0.2) is 60.9 Å². The predicted molar refractivity (Wildman–Crippen MR) is 121 cm³/mol. The number of aromatic nitrogens is 6. The van der Waals surface area contributed by atoms with Crippen molar-refractivity contribution in [2.24, 2.45) is 7.05 Å². The van der Waals surface area contributed by atoms with Crippen LogP contribution in [0.25, 0.3) is 44.7 Å². The van der Waals surface area contributed by atoms with E-state index in [0.29, 0.717) is 0 Å². The molecule has 0 saturated heterocycles. The lowest BCUT2D eigenvalue weighted by molar-refractivity contribution is 0.658. The van der Waals surface area contributed by atoms with Gasteiger partial charge in [-0.1, -0.05) is 24.3 Å². The Bertz CT molecular complexity index is 1440. The van der Waals surface area contributed by atoms with Crippen molar-refractivity contribution in [1.29, 1.82) is 0 Å². The number of pyridine rings is 2. The van der Waals surface area contributed by atoms with Crippen LogP contribution >= 0.6 is 0 Å². The van der Waals surface area contributed by atoms with E-state index in [-0.39, 0.29) is 0 Å². The molecule has 5 aromatic rings. The van der Waals surface area contributed by atoms with Crippen molar-refractivity contribution in [2.45, 2.75) is 26.3 Å². The van der Waals surface area contributed by atoms with E-state index in [1.165, 1.54) is 11.3 Å². The zero-order chi connectivity index (χ0) is 20.9. The maximum absolute atomic E-state index is 5.01. The molecule has 31 heavy (non-hydrogen) atoms. The minimum atomic E-state index is 0.917. The highest BCUT2D eigenvalue weighted by Crippen LogP contribution is 2.41. The number of hydrogen-bond donors (Lipinski definition) is 0. The Morgan fingerprint density at radius 3 is 2.71 bits per heavy atom. The lowest BCUT2D eigenvalue weighted by atomic mass is 9.95. The molecule has 0 aliphatic carbocycles. The Hall–Kier alpha value is -3.80. The van der Waals surface area contributed by atoms with Gasteiger partial charge in [-0.15, -0.1) is 0 Å². The van der Waals surface area contributed by atoms with Gasteiger partial charge in [-0.2, -0.15) is 10.2 Å². The minimum Gasteiger partial charge on any atom is -0.275 e. The molecule has 0 atom stereocenters. The third-order valence-corrected chi connectivity index (χ3v) is 5.96. The number of para-hydroxylation sites is 1. The van der Waals surface area contributed by atoms with Gasteiger partial charge in [0.05, 0.1) is 23.1 Å². The standard InChI is InChI=1S/C25H22N6/c1-16-7-5-10-21(27-16)25-24(23-11-6-12-31(23)29-25)19-13-22(17-14-26-30(2)15-17)28-20-9-4-3-8-18(19)20/h3-5,7-10,13-15H,6,11-12H2,1-2H3. The van der Waals surface area contributed by atoms with E-state index < -0.39 is 0 Å². The van der Waals surface area contributed by atoms with Crippen molar-refractivity contribution in [3.63, 3.8) is 0 Å². The first-order valence-corrected chi connectivity index (χ1v) is 10.6. The normalized spacial score (nSPS) is 13.1. The highest BCUT2D eigenvalue weighted by molar-refractivity contribution is 6.00. The van der Waals surface area contributed by atoms with Crippen LogP contribution in [0.3, 0.4) is 0 Å². The SMILES string of the molecule is Cc1cccc(-c2nn3c(c2-c2cc(-c4cnn(C)c4)nc4ccccc24)CCC3)n1. The molecule has 0 radical (unpaired) electrons. The van der Waals surface area contributed by atoms with Crippen molar-refractivity contribution in [3.8, 4) is 33.8 Å². The Morgan fingerprint density at radius 1 is 0.968 bits per heavy atom. The summed E-state index contributed by atoms with van der Waals surface area (Å²) in [5.41, 5.74) is 9.38. The maximum atomic E-state index is 5.01. The molecule has 6 heteroatoms. The lowest BCUT2D eigenvalue weighted by Crippen LogP contribution is -1.95. The summed E-state index contributed by atoms with van der Waals surface area (Å²) in [4.78, 5) is 9.74. The molecule has 5 heterocycles. The first kappa shape index (κ1) is 18.0. The third kappa shape index (κ3) is 2.94. The zero-order valence-corrected chi connectivity index (χ0v) is 17.6. The number of benzene rings is 1. The topological polar surface area (TPSA) is 61.4 Å². The third-order valence-electron chi connectivity index (χ3n) is 5.96. The molecule has 0 saturated carbocycles. The highest BCUT2D eigenvalue weighted by Gasteiger charge is 2.26. The molecule has 0 spiro atoms. The van der Waals surface area contributed by atoms with Gasteiger partial charge in [0.2, 0.25) is 0 Å². The molecule has 1 aliphatic heterocycles. The van der Waals surface area contributed by atoms with Crippen LogP contribution in [0.4, 0.5) is 0 Å². The Morgan fingerprint density at radius 2 is 1.87 bits per heavy atom. The fourth-order valence-electron chi connectivity index (χ4n) is 4.55. The van der Waals surface area contributed by atoms with Crippen LogP contribution in [-0.4, -0.2) is 29.5 Å². The van der Waals surface area contributed by atoms with E-state index in [1.54, 1.807) is 0 Å². The second-order valence-corrected chi connectivity index (χ2v) is 8.14.